The summed E-state index contributed by atoms with van der Waals surface area (Å²) in [6.07, 6.45) is 8.89. The molecule has 0 bridgehead atoms. The number of ether oxygens (including phenoxy) is 1. The first-order chi connectivity index (χ1) is 15.6. The van der Waals surface area contributed by atoms with E-state index in [1.807, 2.05) is 30.3 Å². The molecule has 4 rings (SSSR count). The number of hydrogen-bond acceptors (Lipinski definition) is 6. The van der Waals surface area contributed by atoms with Crippen LogP contribution in [-0.2, 0) is 19.6 Å². The van der Waals surface area contributed by atoms with Gasteiger partial charge in [0, 0.05) is 5.92 Å². The predicted molar refractivity (Wildman–Crippen MR) is 124 cm³/mol. The summed E-state index contributed by atoms with van der Waals surface area (Å²) in [6, 6.07) is 9.56. The van der Waals surface area contributed by atoms with E-state index in [0.717, 1.165) is 57.2 Å². The van der Waals surface area contributed by atoms with Gasteiger partial charge in [-0.15, -0.1) is 0 Å². The molecule has 7 nitrogen and oxygen atoms in total. The molecule has 4 atom stereocenters. The Balaban J connectivity index is 1.27. The Hall–Kier alpha value is -1.48. The van der Waals surface area contributed by atoms with E-state index in [9.17, 15) is 13.2 Å². The quantitative estimate of drug-likeness (QED) is 0.455. The minimum atomic E-state index is -3.21. The summed E-state index contributed by atoms with van der Waals surface area (Å²) in [5, 5.41) is 3.09. The van der Waals surface area contributed by atoms with Crippen molar-refractivity contribution in [1.29, 1.82) is 0 Å². The number of carbonyl (C=O) groups is 1. The lowest BCUT2D eigenvalue weighted by Crippen LogP contribution is -2.44. The first-order valence-electron chi connectivity index (χ1n) is 12.3. The van der Waals surface area contributed by atoms with Crippen LogP contribution in [0.15, 0.2) is 30.3 Å². The molecule has 8 heteroatoms. The average Bonchev–Trinajstić information content (AvgIpc) is 2.94. The lowest BCUT2D eigenvalue weighted by Gasteiger charge is -2.29. The molecular formula is C24H37N3O4S. The number of sulfonamides is 1. The van der Waals surface area contributed by atoms with Crippen LogP contribution in [0.25, 0.3) is 0 Å². The van der Waals surface area contributed by atoms with Crippen molar-refractivity contribution in [2.24, 2.45) is 5.92 Å². The molecule has 32 heavy (non-hydrogen) atoms. The zero-order valence-corrected chi connectivity index (χ0v) is 19.7. The SMILES string of the molecule is O=C(OCCCNC1NS(=O)(=O)C2CCCCC12)C(c1ccccc1)N1CCCCCC1. The molecule has 0 spiro atoms. The highest BCUT2D eigenvalue weighted by Crippen LogP contribution is 2.35. The van der Waals surface area contributed by atoms with Crippen molar-refractivity contribution < 1.29 is 17.9 Å². The maximum atomic E-state index is 13.1. The molecule has 1 aliphatic carbocycles. The fourth-order valence-electron chi connectivity index (χ4n) is 5.50. The third kappa shape index (κ3) is 5.71. The Morgan fingerprint density at radius 2 is 1.78 bits per heavy atom. The van der Waals surface area contributed by atoms with Crippen molar-refractivity contribution in [3.05, 3.63) is 35.9 Å². The van der Waals surface area contributed by atoms with Crippen LogP contribution in [-0.4, -0.2) is 56.9 Å². The third-order valence-electron chi connectivity index (χ3n) is 7.15. The van der Waals surface area contributed by atoms with Gasteiger partial charge in [-0.25, -0.2) is 13.2 Å². The van der Waals surface area contributed by atoms with Gasteiger partial charge >= 0.3 is 5.97 Å². The Labute approximate surface area is 192 Å². The second-order valence-corrected chi connectivity index (χ2v) is 11.3. The van der Waals surface area contributed by atoms with Gasteiger partial charge in [-0.2, -0.15) is 4.72 Å². The monoisotopic (exact) mass is 463 g/mol. The maximum absolute atomic E-state index is 13.1. The number of esters is 1. The normalized spacial score (nSPS) is 29.1. The van der Waals surface area contributed by atoms with Crippen LogP contribution >= 0.6 is 0 Å². The topological polar surface area (TPSA) is 87.7 Å². The lowest BCUT2D eigenvalue weighted by atomic mass is 9.87. The molecule has 2 N–H and O–H groups in total. The number of benzene rings is 1. The van der Waals surface area contributed by atoms with E-state index in [0.29, 0.717) is 19.6 Å². The van der Waals surface area contributed by atoms with Crippen LogP contribution in [0.2, 0.25) is 0 Å². The van der Waals surface area contributed by atoms with Crippen LogP contribution in [0.5, 0.6) is 0 Å². The second-order valence-electron chi connectivity index (χ2n) is 9.37. The van der Waals surface area contributed by atoms with E-state index in [-0.39, 0.29) is 29.3 Å². The fraction of sp³-hybridized carbons (Fsp3) is 0.708. The molecule has 4 unspecified atom stereocenters. The highest BCUT2D eigenvalue weighted by molar-refractivity contribution is 7.90. The number of fused-ring (bicyclic) bond motifs is 1. The van der Waals surface area contributed by atoms with Crippen LogP contribution in [0, 0.1) is 5.92 Å². The van der Waals surface area contributed by atoms with Gasteiger partial charge in [0.05, 0.1) is 18.0 Å². The van der Waals surface area contributed by atoms with Gasteiger partial charge in [-0.05, 0) is 57.3 Å². The zero-order chi connectivity index (χ0) is 22.4. The summed E-state index contributed by atoms with van der Waals surface area (Å²) >= 11 is 0. The fourth-order valence-corrected chi connectivity index (χ4v) is 7.52. The molecule has 2 heterocycles. The Morgan fingerprint density at radius 3 is 2.53 bits per heavy atom. The number of likely N-dealkylation sites (tertiary alicyclic amines) is 1. The van der Waals surface area contributed by atoms with Crippen LogP contribution < -0.4 is 10.0 Å². The molecule has 1 aromatic carbocycles. The molecule has 1 aromatic rings. The van der Waals surface area contributed by atoms with Crippen molar-refractivity contribution in [3.8, 4) is 0 Å². The molecule has 0 amide bonds. The first-order valence-corrected chi connectivity index (χ1v) is 13.8. The predicted octanol–water partition coefficient (Wildman–Crippen LogP) is 2.94. The maximum Gasteiger partial charge on any atom is 0.328 e. The highest BCUT2D eigenvalue weighted by Gasteiger charge is 2.47. The van der Waals surface area contributed by atoms with Gasteiger partial charge in [-0.3, -0.25) is 4.90 Å². The molecule has 3 fully saturated rings. The van der Waals surface area contributed by atoms with Crippen molar-refractivity contribution in [1.82, 2.24) is 14.9 Å². The van der Waals surface area contributed by atoms with Gasteiger partial charge < -0.3 is 10.1 Å². The minimum Gasteiger partial charge on any atom is -0.464 e. The van der Waals surface area contributed by atoms with E-state index < -0.39 is 10.0 Å². The Bertz CT molecular complexity index is 840. The average molecular weight is 464 g/mol. The molecule has 2 aliphatic heterocycles. The van der Waals surface area contributed by atoms with Gasteiger partial charge in [0.1, 0.15) is 6.04 Å². The van der Waals surface area contributed by atoms with Crippen LogP contribution in [0.3, 0.4) is 0 Å². The van der Waals surface area contributed by atoms with E-state index in [1.54, 1.807) is 0 Å². The summed E-state index contributed by atoms with van der Waals surface area (Å²) in [6.45, 7) is 2.78. The first kappa shape index (κ1) is 23.7. The van der Waals surface area contributed by atoms with Crippen LogP contribution in [0.4, 0.5) is 0 Å². The van der Waals surface area contributed by atoms with Crippen molar-refractivity contribution >= 4 is 16.0 Å². The van der Waals surface area contributed by atoms with Crippen molar-refractivity contribution in [2.75, 3.05) is 26.2 Å². The van der Waals surface area contributed by atoms with E-state index >= 15 is 0 Å². The highest BCUT2D eigenvalue weighted by atomic mass is 32.2. The molecule has 0 aromatic heterocycles. The summed E-state index contributed by atoms with van der Waals surface area (Å²) in [5.41, 5.74) is 0.987. The molecule has 178 valence electrons. The Morgan fingerprint density at radius 1 is 1.06 bits per heavy atom. The largest absolute Gasteiger partial charge is 0.464 e. The molecule has 3 aliphatic rings. The number of nitrogens with one attached hydrogen (secondary N) is 2. The van der Waals surface area contributed by atoms with Gasteiger partial charge in [0.25, 0.3) is 0 Å². The molecular weight excluding hydrogens is 426 g/mol. The van der Waals surface area contributed by atoms with Gasteiger partial charge in [0.2, 0.25) is 10.0 Å². The van der Waals surface area contributed by atoms with Crippen molar-refractivity contribution in [2.45, 2.75) is 75.2 Å². The number of hydrogen-bond donors (Lipinski definition) is 2. The van der Waals surface area contributed by atoms with Crippen LogP contribution in [0.1, 0.15) is 69.4 Å². The van der Waals surface area contributed by atoms with E-state index in [2.05, 4.69) is 14.9 Å². The second kappa shape index (κ2) is 11.1. The Kier molecular flexibility index (Phi) is 8.21. The summed E-state index contributed by atoms with van der Waals surface area (Å²) in [4.78, 5) is 15.3. The summed E-state index contributed by atoms with van der Waals surface area (Å²) in [5.74, 6) is -0.0474. The van der Waals surface area contributed by atoms with E-state index in [1.165, 1.54) is 12.8 Å². The third-order valence-corrected chi connectivity index (χ3v) is 9.11. The lowest BCUT2D eigenvalue weighted by molar-refractivity contribution is -0.150. The summed E-state index contributed by atoms with van der Waals surface area (Å²) in [7, 11) is -3.21. The zero-order valence-electron chi connectivity index (χ0n) is 18.9. The minimum absolute atomic E-state index is 0.141. The molecule has 0 radical (unpaired) electrons. The smallest absolute Gasteiger partial charge is 0.328 e. The molecule has 2 saturated heterocycles. The summed E-state index contributed by atoms with van der Waals surface area (Å²) < 4.78 is 33.2. The van der Waals surface area contributed by atoms with Gasteiger partial charge in [0.15, 0.2) is 0 Å². The number of carbonyl (C=O) groups excluding carboxylic acids is 1. The molecule has 1 saturated carbocycles. The van der Waals surface area contributed by atoms with Crippen molar-refractivity contribution in [3.63, 3.8) is 0 Å². The van der Waals surface area contributed by atoms with E-state index in [4.69, 9.17) is 4.74 Å². The standard InChI is InChI=1S/C24H37N3O4S/c28-24(22(19-11-4-3-5-12-19)27-16-8-1-2-9-17-27)31-18-10-15-25-23-20-13-6-7-14-21(20)32(29,30)26-23/h3-5,11-12,20-23,25-26H,1-2,6-10,13-18H2. The number of rotatable bonds is 8. The van der Waals surface area contributed by atoms with Gasteiger partial charge in [-0.1, -0.05) is 56.0 Å². The number of nitrogens with zero attached hydrogens (tertiary/aromatic N) is 1.